The second kappa shape index (κ2) is 9.54. The molecule has 5 heteroatoms. The first-order chi connectivity index (χ1) is 11.5. The average molecular weight is 337 g/mol. The van der Waals surface area contributed by atoms with Gasteiger partial charge in [0, 0.05) is 52.4 Å². The van der Waals surface area contributed by atoms with Crippen LogP contribution in [0.5, 0.6) is 0 Å². The van der Waals surface area contributed by atoms with Crippen LogP contribution in [0, 0.1) is 0 Å². The van der Waals surface area contributed by atoms with E-state index in [2.05, 4.69) is 53.5 Å². The van der Waals surface area contributed by atoms with E-state index in [4.69, 9.17) is 0 Å². The molecule has 0 aromatic heterocycles. The Morgan fingerprint density at radius 3 is 2.38 bits per heavy atom. The molecule has 0 N–H and O–H groups in total. The molecule has 138 valence electrons. The molecule has 1 unspecified atom stereocenters. The molecule has 2 fully saturated rings. The number of rotatable bonds is 5. The minimum Gasteiger partial charge on any atom is -0.340 e. The molecule has 2 aliphatic heterocycles. The number of piperazine rings is 1. The van der Waals surface area contributed by atoms with Crippen LogP contribution in [-0.4, -0.2) is 97.5 Å². The summed E-state index contributed by atoms with van der Waals surface area (Å²) < 4.78 is 0. The van der Waals surface area contributed by atoms with Crippen LogP contribution in [-0.2, 0) is 4.79 Å². The molecule has 2 saturated heterocycles. The van der Waals surface area contributed by atoms with Crippen molar-refractivity contribution in [2.24, 2.45) is 0 Å². The molecule has 24 heavy (non-hydrogen) atoms. The Kier molecular flexibility index (Phi) is 7.72. The molecule has 0 aliphatic carbocycles. The van der Waals surface area contributed by atoms with Crippen molar-refractivity contribution < 1.29 is 4.79 Å². The summed E-state index contributed by atoms with van der Waals surface area (Å²) in [4.78, 5) is 22.2. The highest BCUT2D eigenvalue weighted by atomic mass is 16.2. The lowest BCUT2D eigenvalue weighted by molar-refractivity contribution is -0.136. The first-order valence-electron chi connectivity index (χ1n) is 9.54. The quantitative estimate of drug-likeness (QED) is 0.712. The number of hydrogen-bond donors (Lipinski definition) is 0. The predicted molar refractivity (Wildman–Crippen MR) is 100 cm³/mol. The van der Waals surface area contributed by atoms with Gasteiger partial charge in [-0.1, -0.05) is 11.6 Å². The van der Waals surface area contributed by atoms with Crippen LogP contribution in [0.1, 0.15) is 33.6 Å². The first kappa shape index (κ1) is 19.4. The fourth-order valence-corrected chi connectivity index (χ4v) is 3.58. The Balaban J connectivity index is 1.79. The van der Waals surface area contributed by atoms with E-state index in [0.717, 1.165) is 71.7 Å². The smallest absolute Gasteiger partial charge is 0.239 e. The van der Waals surface area contributed by atoms with Gasteiger partial charge in [-0.25, -0.2) is 0 Å². The summed E-state index contributed by atoms with van der Waals surface area (Å²) in [6.07, 6.45) is 4.52. The van der Waals surface area contributed by atoms with Crippen LogP contribution >= 0.6 is 0 Å². The zero-order valence-electron chi connectivity index (χ0n) is 16.1. The zero-order chi connectivity index (χ0) is 17.5. The van der Waals surface area contributed by atoms with Crippen molar-refractivity contribution in [1.29, 1.82) is 0 Å². The van der Waals surface area contributed by atoms with Gasteiger partial charge in [0.25, 0.3) is 0 Å². The standard InChI is InChI=1S/C19H36N4O/c1-17(2)7-5-8-21-9-6-10-23(16-13-21)19(24)18(3)22-14-11-20(4)12-15-22/h7,18H,5-6,8-16H2,1-4H3. The van der Waals surface area contributed by atoms with Gasteiger partial charge in [-0.3, -0.25) is 9.69 Å². The van der Waals surface area contributed by atoms with E-state index < -0.39 is 0 Å². The highest BCUT2D eigenvalue weighted by molar-refractivity contribution is 5.81. The minimum atomic E-state index is 0.0240. The third-order valence-electron chi connectivity index (χ3n) is 5.34. The van der Waals surface area contributed by atoms with E-state index in [-0.39, 0.29) is 6.04 Å². The van der Waals surface area contributed by atoms with Crippen LogP contribution in [0.25, 0.3) is 0 Å². The summed E-state index contributed by atoms with van der Waals surface area (Å²) in [5.41, 5.74) is 1.39. The third-order valence-corrected chi connectivity index (χ3v) is 5.34. The molecule has 1 amide bonds. The normalized spacial score (nSPS) is 22.9. The molecule has 0 radical (unpaired) electrons. The molecule has 0 aromatic rings. The van der Waals surface area contributed by atoms with Gasteiger partial charge in [-0.05, 0) is 47.2 Å². The van der Waals surface area contributed by atoms with Crippen molar-refractivity contribution in [2.45, 2.75) is 39.7 Å². The number of carbonyl (C=O) groups is 1. The van der Waals surface area contributed by atoms with Gasteiger partial charge in [-0.15, -0.1) is 0 Å². The lowest BCUT2D eigenvalue weighted by atomic mass is 10.2. The summed E-state index contributed by atoms with van der Waals surface area (Å²) in [5.74, 6) is 0.325. The van der Waals surface area contributed by atoms with Gasteiger partial charge in [0.1, 0.15) is 0 Å². The number of amides is 1. The lowest BCUT2D eigenvalue weighted by Crippen LogP contribution is -2.54. The molecule has 5 nitrogen and oxygen atoms in total. The lowest BCUT2D eigenvalue weighted by Gasteiger charge is -2.37. The Bertz CT molecular complexity index is 425. The van der Waals surface area contributed by atoms with Crippen molar-refractivity contribution in [1.82, 2.24) is 19.6 Å². The van der Waals surface area contributed by atoms with E-state index in [0.29, 0.717) is 5.91 Å². The first-order valence-corrected chi connectivity index (χ1v) is 9.54. The maximum absolute atomic E-state index is 12.9. The topological polar surface area (TPSA) is 30.0 Å². The molecule has 2 rings (SSSR count). The molecule has 0 aromatic carbocycles. The van der Waals surface area contributed by atoms with Crippen LogP contribution < -0.4 is 0 Å². The largest absolute Gasteiger partial charge is 0.340 e. The van der Waals surface area contributed by atoms with Crippen LogP contribution in [0.2, 0.25) is 0 Å². The second-order valence-corrected chi connectivity index (χ2v) is 7.61. The van der Waals surface area contributed by atoms with Crippen molar-refractivity contribution in [3.8, 4) is 0 Å². The van der Waals surface area contributed by atoms with E-state index in [1.54, 1.807) is 0 Å². The van der Waals surface area contributed by atoms with Gasteiger partial charge in [0.15, 0.2) is 0 Å². The van der Waals surface area contributed by atoms with Gasteiger partial charge in [-0.2, -0.15) is 0 Å². The van der Waals surface area contributed by atoms with Crippen molar-refractivity contribution in [3.63, 3.8) is 0 Å². The molecule has 2 aliphatic rings. The summed E-state index contributed by atoms with van der Waals surface area (Å²) >= 11 is 0. The van der Waals surface area contributed by atoms with Gasteiger partial charge < -0.3 is 14.7 Å². The summed E-state index contributed by atoms with van der Waals surface area (Å²) in [5, 5.41) is 0. The Morgan fingerprint density at radius 1 is 1.00 bits per heavy atom. The highest BCUT2D eigenvalue weighted by Gasteiger charge is 2.28. The predicted octanol–water partition coefficient (Wildman–Crippen LogP) is 1.51. The summed E-state index contributed by atoms with van der Waals surface area (Å²) in [7, 11) is 2.16. The van der Waals surface area contributed by atoms with E-state index in [1.165, 1.54) is 5.57 Å². The maximum atomic E-state index is 12.9. The monoisotopic (exact) mass is 336 g/mol. The molecule has 0 bridgehead atoms. The van der Waals surface area contributed by atoms with Gasteiger partial charge >= 0.3 is 0 Å². The molecular formula is C19H36N4O. The van der Waals surface area contributed by atoms with Gasteiger partial charge in [0.2, 0.25) is 5.91 Å². The number of hydrogen-bond acceptors (Lipinski definition) is 4. The van der Waals surface area contributed by atoms with Crippen molar-refractivity contribution in [3.05, 3.63) is 11.6 Å². The number of carbonyl (C=O) groups excluding carboxylic acids is 1. The number of likely N-dealkylation sites (N-methyl/N-ethyl adjacent to an activating group) is 1. The van der Waals surface area contributed by atoms with Crippen LogP contribution in [0.3, 0.4) is 0 Å². The SMILES string of the molecule is CC(C)=CCCN1CCCN(C(=O)C(C)N2CCN(C)CC2)CC1. The van der Waals surface area contributed by atoms with E-state index >= 15 is 0 Å². The van der Waals surface area contributed by atoms with Crippen molar-refractivity contribution >= 4 is 5.91 Å². The third kappa shape index (κ3) is 5.87. The highest BCUT2D eigenvalue weighted by Crippen LogP contribution is 2.11. The van der Waals surface area contributed by atoms with Crippen LogP contribution in [0.15, 0.2) is 11.6 Å². The fraction of sp³-hybridized carbons (Fsp3) is 0.842. The number of nitrogens with zero attached hydrogens (tertiary/aromatic N) is 4. The van der Waals surface area contributed by atoms with E-state index in [1.807, 2.05) is 0 Å². The fourth-order valence-electron chi connectivity index (χ4n) is 3.58. The molecule has 0 spiro atoms. The zero-order valence-corrected chi connectivity index (χ0v) is 16.1. The molecule has 0 saturated carbocycles. The van der Waals surface area contributed by atoms with Crippen LogP contribution in [0.4, 0.5) is 0 Å². The number of allylic oxidation sites excluding steroid dienone is 1. The van der Waals surface area contributed by atoms with E-state index in [9.17, 15) is 4.79 Å². The summed E-state index contributed by atoms with van der Waals surface area (Å²) in [6.45, 7) is 15.6. The second-order valence-electron chi connectivity index (χ2n) is 7.61. The Hall–Kier alpha value is -0.910. The average Bonchev–Trinajstić information content (AvgIpc) is 2.79. The molecule has 2 heterocycles. The maximum Gasteiger partial charge on any atom is 0.239 e. The van der Waals surface area contributed by atoms with Crippen molar-refractivity contribution in [2.75, 3.05) is 66.0 Å². The molecule has 1 atom stereocenters. The van der Waals surface area contributed by atoms with Gasteiger partial charge in [0.05, 0.1) is 6.04 Å². The summed E-state index contributed by atoms with van der Waals surface area (Å²) in [6, 6.07) is 0.0240. The Morgan fingerprint density at radius 2 is 1.71 bits per heavy atom. The Labute approximate surface area is 148 Å². The molecular weight excluding hydrogens is 300 g/mol. The minimum absolute atomic E-state index is 0.0240.